The average molecular weight is 374 g/mol. The maximum absolute atomic E-state index is 10.6. The van der Waals surface area contributed by atoms with Crippen molar-refractivity contribution in [1.29, 1.82) is 0 Å². The van der Waals surface area contributed by atoms with Crippen LogP contribution in [0, 0.1) is 0 Å². The molecule has 1 rings (SSSR count). The molecule has 3 heteroatoms. The van der Waals surface area contributed by atoms with Crippen molar-refractivity contribution in [2.24, 2.45) is 0 Å². The number of hydrogen-bond acceptors (Lipinski definition) is 2. The minimum absolute atomic E-state index is 0.193. The van der Waals surface area contributed by atoms with Crippen molar-refractivity contribution in [3.63, 3.8) is 0 Å². The van der Waals surface area contributed by atoms with E-state index in [1.165, 1.54) is 57.8 Å². The van der Waals surface area contributed by atoms with E-state index in [9.17, 15) is 4.79 Å². The number of carbonyl (C=O) groups is 1. The van der Waals surface area contributed by atoms with Crippen LogP contribution in [0.15, 0.2) is 36.4 Å². The predicted octanol–water partition coefficient (Wildman–Crippen LogP) is 6.98. The number of aryl methyl sites for hydroxylation is 1. The minimum Gasteiger partial charge on any atom is -0.481 e. The van der Waals surface area contributed by atoms with Gasteiger partial charge in [-0.1, -0.05) is 76.2 Å². The highest BCUT2D eigenvalue weighted by atomic mass is 16.4. The zero-order valence-corrected chi connectivity index (χ0v) is 17.2. The lowest BCUT2D eigenvalue weighted by Crippen LogP contribution is -2.01. The first kappa shape index (κ1) is 23.3. The van der Waals surface area contributed by atoms with Crippen molar-refractivity contribution < 1.29 is 9.90 Å². The molecule has 1 aromatic carbocycles. The Morgan fingerprint density at radius 1 is 0.889 bits per heavy atom. The first-order valence-corrected chi connectivity index (χ1v) is 10.9. The Kier molecular flexibility index (Phi) is 14.1. The molecule has 3 nitrogen and oxygen atoms in total. The number of hydrogen-bond donors (Lipinski definition) is 2. The number of anilines is 1. The lowest BCUT2D eigenvalue weighted by Gasteiger charge is -2.06. The molecule has 0 bridgehead atoms. The summed E-state index contributed by atoms with van der Waals surface area (Å²) in [7, 11) is 0. The Bertz CT molecular complexity index is 508. The second-order valence-corrected chi connectivity index (χ2v) is 7.39. The number of benzene rings is 1. The van der Waals surface area contributed by atoms with Crippen LogP contribution in [-0.4, -0.2) is 17.6 Å². The molecule has 2 N–H and O–H groups in total. The first-order chi connectivity index (χ1) is 13.2. The molecule has 0 aliphatic carbocycles. The van der Waals surface area contributed by atoms with Gasteiger partial charge in [0.25, 0.3) is 0 Å². The van der Waals surface area contributed by atoms with Crippen molar-refractivity contribution in [1.82, 2.24) is 0 Å². The first-order valence-electron chi connectivity index (χ1n) is 10.9. The van der Waals surface area contributed by atoms with E-state index in [-0.39, 0.29) is 6.42 Å². The minimum atomic E-state index is -0.743. The van der Waals surface area contributed by atoms with Crippen LogP contribution in [0.3, 0.4) is 0 Å². The standard InChI is InChI=1S/C24H39NO2/c1-2-3-4-5-6-7-8-9-10-11-12-13-14-21-25-23-18-15-22(16-19-23)17-20-24(26)27/h11-12,15-16,18-19,25H,2-10,13-14,17,20-21H2,1H3,(H,26,27). The lowest BCUT2D eigenvalue weighted by atomic mass is 10.1. The third-order valence-electron chi connectivity index (χ3n) is 4.85. The highest BCUT2D eigenvalue weighted by molar-refractivity contribution is 5.67. The monoisotopic (exact) mass is 373 g/mol. The molecule has 0 atom stereocenters. The molecule has 0 amide bonds. The number of aliphatic carboxylic acids is 1. The summed E-state index contributed by atoms with van der Waals surface area (Å²) in [5.41, 5.74) is 2.18. The second kappa shape index (κ2) is 16.4. The van der Waals surface area contributed by atoms with Gasteiger partial charge in [-0.2, -0.15) is 0 Å². The molecule has 0 aliphatic heterocycles. The van der Waals surface area contributed by atoms with E-state index in [4.69, 9.17) is 5.11 Å². The molecule has 27 heavy (non-hydrogen) atoms. The molecule has 0 radical (unpaired) electrons. The number of rotatable bonds is 17. The number of unbranched alkanes of at least 4 members (excludes halogenated alkanes) is 9. The van der Waals surface area contributed by atoms with Gasteiger partial charge in [-0.15, -0.1) is 0 Å². The average Bonchev–Trinajstić information content (AvgIpc) is 2.67. The van der Waals surface area contributed by atoms with E-state index in [1.54, 1.807) is 0 Å². The largest absolute Gasteiger partial charge is 0.481 e. The zero-order valence-electron chi connectivity index (χ0n) is 17.2. The number of nitrogens with one attached hydrogen (secondary N) is 1. The fourth-order valence-electron chi connectivity index (χ4n) is 3.12. The Hall–Kier alpha value is -1.77. The summed E-state index contributed by atoms with van der Waals surface area (Å²) in [5.74, 6) is -0.743. The third kappa shape index (κ3) is 14.0. The Balaban J connectivity index is 1.94. The van der Waals surface area contributed by atoms with Crippen LogP contribution in [-0.2, 0) is 11.2 Å². The molecule has 0 saturated carbocycles. The van der Waals surface area contributed by atoms with Crippen molar-refractivity contribution in [3.05, 3.63) is 42.0 Å². The van der Waals surface area contributed by atoms with Gasteiger partial charge in [0.2, 0.25) is 0 Å². The van der Waals surface area contributed by atoms with Gasteiger partial charge in [0.15, 0.2) is 0 Å². The fourth-order valence-corrected chi connectivity index (χ4v) is 3.12. The summed E-state index contributed by atoms with van der Waals surface area (Å²) < 4.78 is 0. The lowest BCUT2D eigenvalue weighted by molar-refractivity contribution is -0.136. The van der Waals surface area contributed by atoms with Crippen LogP contribution in [0.5, 0.6) is 0 Å². The van der Waals surface area contributed by atoms with Crippen molar-refractivity contribution >= 4 is 11.7 Å². The van der Waals surface area contributed by atoms with Gasteiger partial charge in [-0.3, -0.25) is 4.79 Å². The molecule has 0 unspecified atom stereocenters. The normalized spacial score (nSPS) is 11.1. The highest BCUT2D eigenvalue weighted by Gasteiger charge is 1.99. The molecule has 0 heterocycles. The van der Waals surface area contributed by atoms with Crippen LogP contribution in [0.4, 0.5) is 5.69 Å². The summed E-state index contributed by atoms with van der Waals surface area (Å²) >= 11 is 0. The third-order valence-corrected chi connectivity index (χ3v) is 4.85. The second-order valence-electron chi connectivity index (χ2n) is 7.39. The predicted molar refractivity (Wildman–Crippen MR) is 116 cm³/mol. The van der Waals surface area contributed by atoms with Crippen LogP contribution < -0.4 is 5.32 Å². The Morgan fingerprint density at radius 3 is 2.11 bits per heavy atom. The maximum Gasteiger partial charge on any atom is 0.303 e. The van der Waals surface area contributed by atoms with Crippen LogP contribution >= 0.6 is 0 Å². The van der Waals surface area contributed by atoms with Crippen molar-refractivity contribution in [2.45, 2.75) is 90.4 Å². The molecular weight excluding hydrogens is 334 g/mol. The van der Waals surface area contributed by atoms with Crippen LogP contribution in [0.1, 0.15) is 89.5 Å². The summed E-state index contributed by atoms with van der Waals surface area (Å²) in [6, 6.07) is 8.09. The summed E-state index contributed by atoms with van der Waals surface area (Å²) in [4.78, 5) is 10.6. The van der Waals surface area contributed by atoms with E-state index in [0.717, 1.165) is 30.6 Å². The fraction of sp³-hybridized carbons (Fsp3) is 0.625. The van der Waals surface area contributed by atoms with E-state index >= 15 is 0 Å². The van der Waals surface area contributed by atoms with E-state index in [1.807, 2.05) is 24.3 Å². The highest BCUT2D eigenvalue weighted by Crippen LogP contribution is 2.12. The maximum atomic E-state index is 10.6. The van der Waals surface area contributed by atoms with Crippen molar-refractivity contribution in [3.8, 4) is 0 Å². The molecule has 0 aliphatic rings. The summed E-state index contributed by atoms with van der Waals surface area (Å²) in [5, 5.41) is 12.1. The Morgan fingerprint density at radius 2 is 1.48 bits per heavy atom. The van der Waals surface area contributed by atoms with E-state index in [2.05, 4.69) is 24.4 Å². The topological polar surface area (TPSA) is 49.3 Å². The molecular formula is C24H39NO2. The van der Waals surface area contributed by atoms with Gasteiger partial charge in [-0.05, 0) is 49.8 Å². The SMILES string of the molecule is CCCCCCCCCCC=CCCCNc1ccc(CCC(=O)O)cc1. The van der Waals surface area contributed by atoms with Gasteiger partial charge in [0.1, 0.15) is 0 Å². The van der Waals surface area contributed by atoms with Gasteiger partial charge < -0.3 is 10.4 Å². The molecule has 0 saturated heterocycles. The van der Waals surface area contributed by atoms with Crippen molar-refractivity contribution in [2.75, 3.05) is 11.9 Å². The molecule has 0 aromatic heterocycles. The summed E-state index contributed by atoms with van der Waals surface area (Å²) in [6.07, 6.45) is 20.0. The number of carboxylic acids is 1. The quantitative estimate of drug-likeness (QED) is 0.229. The molecule has 0 fully saturated rings. The zero-order chi connectivity index (χ0) is 19.6. The van der Waals surface area contributed by atoms with Gasteiger partial charge in [-0.25, -0.2) is 0 Å². The van der Waals surface area contributed by atoms with E-state index < -0.39 is 5.97 Å². The molecule has 0 spiro atoms. The number of allylic oxidation sites excluding steroid dienone is 2. The van der Waals surface area contributed by atoms with Gasteiger partial charge >= 0.3 is 5.97 Å². The van der Waals surface area contributed by atoms with Crippen LogP contribution in [0.25, 0.3) is 0 Å². The summed E-state index contributed by atoms with van der Waals surface area (Å²) in [6.45, 7) is 3.24. The Labute approximate surface area is 166 Å². The van der Waals surface area contributed by atoms with Crippen LogP contribution in [0.2, 0.25) is 0 Å². The number of carboxylic acid groups (broad SMARTS) is 1. The van der Waals surface area contributed by atoms with E-state index in [0.29, 0.717) is 6.42 Å². The van der Waals surface area contributed by atoms with Gasteiger partial charge in [0, 0.05) is 18.7 Å². The van der Waals surface area contributed by atoms with Gasteiger partial charge in [0.05, 0.1) is 0 Å². The molecule has 152 valence electrons. The molecule has 1 aromatic rings. The smallest absolute Gasteiger partial charge is 0.303 e.